The second-order valence-corrected chi connectivity index (χ2v) is 8.15. The number of rotatable bonds is 5. The molecule has 170 valence electrons. The Balaban J connectivity index is 1.55. The van der Waals surface area contributed by atoms with Crippen molar-refractivity contribution in [2.45, 2.75) is 40.0 Å². The second-order valence-electron chi connectivity index (χ2n) is 8.15. The van der Waals surface area contributed by atoms with E-state index in [-0.39, 0.29) is 11.7 Å². The van der Waals surface area contributed by atoms with Crippen LogP contribution >= 0.6 is 0 Å². The molecule has 0 saturated heterocycles. The smallest absolute Gasteiger partial charge is 0.379 e. The van der Waals surface area contributed by atoms with Crippen LogP contribution in [0.2, 0.25) is 0 Å². The Labute approximate surface area is 192 Å². The Morgan fingerprint density at radius 1 is 0.970 bits per heavy atom. The van der Waals surface area contributed by atoms with Crippen LogP contribution in [0, 0.1) is 20.8 Å². The first-order valence-corrected chi connectivity index (χ1v) is 10.8. The predicted octanol–water partition coefficient (Wildman–Crippen LogP) is 4.90. The van der Waals surface area contributed by atoms with Gasteiger partial charge in [-0.1, -0.05) is 6.07 Å². The molecule has 3 aromatic rings. The molecule has 1 N–H and O–H groups in total. The number of methoxy groups -OCH3 is 1. The molecule has 0 saturated carbocycles. The average molecular weight is 447 g/mol. The SMILES string of the molecule is COc1ccc(C(=O)N/N=C2\CCCc3oc(C(=O)Oc4cc(C)cc(C)c4)c(C)c32)cc1. The zero-order valence-electron chi connectivity index (χ0n) is 19.2. The lowest BCUT2D eigenvalue weighted by molar-refractivity contribution is 0.0698. The average Bonchev–Trinajstić information content (AvgIpc) is 3.14. The van der Waals surface area contributed by atoms with Crippen molar-refractivity contribution in [3.8, 4) is 11.5 Å². The first-order chi connectivity index (χ1) is 15.9. The van der Waals surface area contributed by atoms with Crippen LogP contribution in [-0.2, 0) is 6.42 Å². The number of carbonyl (C=O) groups excluding carboxylic acids is 2. The molecule has 33 heavy (non-hydrogen) atoms. The summed E-state index contributed by atoms with van der Waals surface area (Å²) in [5, 5.41) is 4.36. The highest BCUT2D eigenvalue weighted by molar-refractivity contribution is 6.06. The third-order valence-corrected chi connectivity index (χ3v) is 5.56. The van der Waals surface area contributed by atoms with Gasteiger partial charge in [0.05, 0.1) is 12.8 Å². The van der Waals surface area contributed by atoms with Crippen molar-refractivity contribution in [2.75, 3.05) is 7.11 Å². The summed E-state index contributed by atoms with van der Waals surface area (Å²) in [6, 6.07) is 12.4. The maximum absolute atomic E-state index is 12.8. The molecule has 0 atom stereocenters. The van der Waals surface area contributed by atoms with Gasteiger partial charge in [0.25, 0.3) is 5.91 Å². The third kappa shape index (κ3) is 4.82. The normalized spacial score (nSPS) is 14.0. The second kappa shape index (κ2) is 9.32. The fraction of sp³-hybridized carbons (Fsp3) is 0.269. The number of fused-ring (bicyclic) bond motifs is 1. The predicted molar refractivity (Wildman–Crippen MR) is 124 cm³/mol. The minimum Gasteiger partial charge on any atom is -0.497 e. The molecule has 2 aromatic carbocycles. The van der Waals surface area contributed by atoms with Gasteiger partial charge in [-0.15, -0.1) is 0 Å². The zero-order valence-corrected chi connectivity index (χ0v) is 19.2. The summed E-state index contributed by atoms with van der Waals surface area (Å²) in [5.74, 6) is 1.12. The van der Waals surface area contributed by atoms with Crippen molar-refractivity contribution in [1.29, 1.82) is 0 Å². The van der Waals surface area contributed by atoms with Crippen molar-refractivity contribution in [2.24, 2.45) is 5.10 Å². The first-order valence-electron chi connectivity index (χ1n) is 10.8. The van der Waals surface area contributed by atoms with E-state index in [1.165, 1.54) is 0 Å². The number of carbonyl (C=O) groups is 2. The number of benzene rings is 2. The number of hydrogen-bond donors (Lipinski definition) is 1. The molecule has 0 bridgehead atoms. The van der Waals surface area contributed by atoms with E-state index >= 15 is 0 Å². The van der Waals surface area contributed by atoms with Gasteiger partial charge in [-0.2, -0.15) is 5.10 Å². The first kappa shape index (κ1) is 22.3. The van der Waals surface area contributed by atoms with Gasteiger partial charge in [-0.25, -0.2) is 10.2 Å². The number of nitrogens with one attached hydrogen (secondary N) is 1. The van der Waals surface area contributed by atoms with Crippen molar-refractivity contribution >= 4 is 17.6 Å². The summed E-state index contributed by atoms with van der Waals surface area (Å²) in [5.41, 5.74) is 7.22. The van der Waals surface area contributed by atoms with E-state index in [1.54, 1.807) is 31.4 Å². The lowest BCUT2D eigenvalue weighted by atomic mass is 9.93. The van der Waals surface area contributed by atoms with Gasteiger partial charge >= 0.3 is 5.97 Å². The maximum atomic E-state index is 12.8. The Morgan fingerprint density at radius 2 is 1.67 bits per heavy atom. The molecule has 0 radical (unpaired) electrons. The van der Waals surface area contributed by atoms with E-state index in [2.05, 4.69) is 10.5 Å². The Hall–Kier alpha value is -3.87. The van der Waals surface area contributed by atoms with Crippen LogP contribution in [0.3, 0.4) is 0 Å². The molecule has 1 heterocycles. The number of hydrogen-bond acceptors (Lipinski definition) is 6. The van der Waals surface area contributed by atoms with Gasteiger partial charge < -0.3 is 13.9 Å². The van der Waals surface area contributed by atoms with E-state index in [9.17, 15) is 9.59 Å². The standard InChI is InChI=1S/C26H26N2O5/c1-15-12-16(2)14-20(13-15)32-26(30)24-17(3)23-21(6-5-7-22(23)33-24)27-28-25(29)18-8-10-19(31-4)11-9-18/h8-14H,5-7H2,1-4H3,(H,28,29)/b27-21+. The molecule has 0 fully saturated rings. The number of esters is 1. The van der Waals surface area contributed by atoms with Crippen LogP contribution in [0.1, 0.15) is 61.8 Å². The largest absolute Gasteiger partial charge is 0.497 e. The summed E-state index contributed by atoms with van der Waals surface area (Å²) in [4.78, 5) is 25.3. The molecule has 7 heteroatoms. The van der Waals surface area contributed by atoms with Crippen LogP contribution in [-0.4, -0.2) is 24.7 Å². The number of amides is 1. The van der Waals surface area contributed by atoms with Crippen LogP contribution in [0.15, 0.2) is 52.0 Å². The summed E-state index contributed by atoms with van der Waals surface area (Å²) in [6.45, 7) is 5.71. The topological polar surface area (TPSA) is 90.1 Å². The van der Waals surface area contributed by atoms with Crippen molar-refractivity contribution in [3.05, 3.63) is 81.8 Å². The van der Waals surface area contributed by atoms with Crippen LogP contribution in [0.5, 0.6) is 11.5 Å². The van der Waals surface area contributed by atoms with Crippen LogP contribution in [0.4, 0.5) is 0 Å². The van der Waals surface area contributed by atoms with E-state index in [4.69, 9.17) is 13.9 Å². The molecule has 0 unspecified atom stereocenters. The van der Waals surface area contributed by atoms with E-state index in [1.807, 2.05) is 39.0 Å². The summed E-state index contributed by atoms with van der Waals surface area (Å²) in [6.07, 6.45) is 2.17. The Bertz CT molecular complexity index is 1220. The summed E-state index contributed by atoms with van der Waals surface area (Å²) in [7, 11) is 1.57. The number of aryl methyl sites for hydroxylation is 3. The molecule has 1 amide bonds. The van der Waals surface area contributed by atoms with Crippen LogP contribution < -0.4 is 14.9 Å². The number of nitrogens with zero attached hydrogens (tertiary/aromatic N) is 1. The lowest BCUT2D eigenvalue weighted by Crippen LogP contribution is -2.22. The molecular weight excluding hydrogens is 420 g/mol. The minimum absolute atomic E-state index is 0.162. The van der Waals surface area contributed by atoms with Gasteiger partial charge in [-0.3, -0.25) is 4.79 Å². The molecule has 4 rings (SSSR count). The van der Waals surface area contributed by atoms with Gasteiger partial charge in [-0.05, 0) is 81.1 Å². The molecule has 1 aliphatic rings. The van der Waals surface area contributed by atoms with E-state index < -0.39 is 5.97 Å². The van der Waals surface area contributed by atoms with Crippen molar-refractivity contribution in [1.82, 2.24) is 5.43 Å². The van der Waals surface area contributed by atoms with Gasteiger partial charge in [0.15, 0.2) is 0 Å². The van der Waals surface area contributed by atoms with Gasteiger partial charge in [0.1, 0.15) is 17.3 Å². The lowest BCUT2D eigenvalue weighted by Gasteiger charge is -2.13. The van der Waals surface area contributed by atoms with Gasteiger partial charge in [0.2, 0.25) is 5.76 Å². The van der Waals surface area contributed by atoms with Crippen molar-refractivity contribution in [3.63, 3.8) is 0 Å². The Morgan fingerprint density at radius 3 is 2.33 bits per heavy atom. The molecular formula is C26H26N2O5. The highest BCUT2D eigenvalue weighted by atomic mass is 16.5. The zero-order chi connectivity index (χ0) is 23.5. The highest BCUT2D eigenvalue weighted by Crippen LogP contribution is 2.31. The summed E-state index contributed by atoms with van der Waals surface area (Å²) >= 11 is 0. The molecule has 7 nitrogen and oxygen atoms in total. The number of furan rings is 1. The Kier molecular flexibility index (Phi) is 6.31. The number of hydrazone groups is 1. The van der Waals surface area contributed by atoms with Crippen molar-refractivity contribution < 1.29 is 23.5 Å². The van der Waals surface area contributed by atoms with E-state index in [0.29, 0.717) is 46.9 Å². The minimum atomic E-state index is -0.548. The number of ether oxygens (including phenoxy) is 2. The molecule has 0 spiro atoms. The maximum Gasteiger partial charge on any atom is 0.379 e. The molecule has 1 aromatic heterocycles. The monoisotopic (exact) mass is 446 g/mol. The quantitative estimate of drug-likeness (QED) is 0.342. The fourth-order valence-corrected chi connectivity index (χ4v) is 4.05. The molecule has 1 aliphatic carbocycles. The summed E-state index contributed by atoms with van der Waals surface area (Å²) < 4.78 is 16.6. The third-order valence-electron chi connectivity index (χ3n) is 5.56. The fourth-order valence-electron chi connectivity index (χ4n) is 4.05. The molecule has 0 aliphatic heterocycles. The van der Waals surface area contributed by atoms with E-state index in [0.717, 1.165) is 23.1 Å². The highest BCUT2D eigenvalue weighted by Gasteiger charge is 2.29. The van der Waals surface area contributed by atoms with Gasteiger partial charge in [0, 0.05) is 23.1 Å². The van der Waals surface area contributed by atoms with Crippen LogP contribution in [0.25, 0.3) is 0 Å².